The van der Waals surface area contributed by atoms with Crippen molar-refractivity contribution in [2.45, 2.75) is 0 Å². The molecule has 19 heavy (non-hydrogen) atoms. The number of benzene rings is 2. The van der Waals surface area contributed by atoms with Gasteiger partial charge in [-0.1, -0.05) is 36.9 Å². The molecule has 0 radical (unpaired) electrons. The summed E-state index contributed by atoms with van der Waals surface area (Å²) in [5, 5.41) is 3.11. The summed E-state index contributed by atoms with van der Waals surface area (Å²) in [4.78, 5) is 0. The lowest BCUT2D eigenvalue weighted by Gasteiger charge is -2.07. The molecule has 0 saturated carbocycles. The van der Waals surface area contributed by atoms with Gasteiger partial charge in [-0.05, 0) is 22.9 Å². The van der Waals surface area contributed by atoms with Crippen molar-refractivity contribution in [2.24, 2.45) is 0 Å². The average Bonchev–Trinajstić information content (AvgIpc) is 2.43. The fraction of sp³-hybridized carbons (Fsp3) is 0.143. The van der Waals surface area contributed by atoms with Crippen molar-refractivity contribution in [3.8, 4) is 5.75 Å². The van der Waals surface area contributed by atoms with E-state index >= 15 is 0 Å². The van der Waals surface area contributed by atoms with Crippen LogP contribution in [0.4, 0.5) is 0 Å². The van der Waals surface area contributed by atoms with Gasteiger partial charge in [0.1, 0.15) is 12.4 Å². The van der Waals surface area contributed by atoms with Crippen LogP contribution in [0, 0.1) is 0 Å². The monoisotopic (exact) mass is 277 g/mol. The van der Waals surface area contributed by atoms with Gasteiger partial charge in [0.2, 0.25) is 10.0 Å². The average molecular weight is 277 g/mol. The molecule has 1 N–H and O–H groups in total. The molecule has 0 heterocycles. The van der Waals surface area contributed by atoms with Gasteiger partial charge < -0.3 is 4.74 Å². The second-order valence-corrected chi connectivity index (χ2v) is 5.68. The van der Waals surface area contributed by atoms with Gasteiger partial charge in [0.25, 0.3) is 0 Å². The predicted octanol–water partition coefficient (Wildman–Crippen LogP) is 2.28. The molecule has 0 aliphatic carbocycles. The van der Waals surface area contributed by atoms with Gasteiger partial charge >= 0.3 is 0 Å². The van der Waals surface area contributed by atoms with E-state index < -0.39 is 10.0 Å². The maximum absolute atomic E-state index is 11.1. The van der Waals surface area contributed by atoms with Crippen LogP contribution in [-0.4, -0.2) is 21.6 Å². The van der Waals surface area contributed by atoms with E-state index in [4.69, 9.17) is 4.74 Å². The van der Waals surface area contributed by atoms with Crippen molar-refractivity contribution in [3.05, 3.63) is 54.5 Å². The van der Waals surface area contributed by atoms with Crippen molar-refractivity contribution >= 4 is 20.8 Å². The zero-order chi connectivity index (χ0) is 13.7. The minimum Gasteiger partial charge on any atom is -0.492 e. The molecule has 2 rings (SSSR count). The van der Waals surface area contributed by atoms with E-state index in [9.17, 15) is 8.42 Å². The molecule has 0 aliphatic heterocycles. The SMILES string of the molecule is C=CS(=O)(=O)NCCOc1ccc2ccccc2c1. The Hall–Kier alpha value is -1.85. The summed E-state index contributed by atoms with van der Waals surface area (Å²) in [6, 6.07) is 13.7. The Bertz CT molecular complexity index is 680. The highest BCUT2D eigenvalue weighted by atomic mass is 32.2. The maximum Gasteiger partial charge on any atom is 0.233 e. The zero-order valence-corrected chi connectivity index (χ0v) is 11.2. The Morgan fingerprint density at radius 3 is 2.63 bits per heavy atom. The second-order valence-electron chi connectivity index (χ2n) is 3.96. The molecule has 0 atom stereocenters. The van der Waals surface area contributed by atoms with Crippen LogP contribution in [0.2, 0.25) is 0 Å². The fourth-order valence-corrected chi connectivity index (χ4v) is 2.15. The lowest BCUT2D eigenvalue weighted by Crippen LogP contribution is -2.26. The highest BCUT2D eigenvalue weighted by molar-refractivity contribution is 7.92. The Morgan fingerprint density at radius 2 is 1.89 bits per heavy atom. The highest BCUT2D eigenvalue weighted by Gasteiger charge is 2.02. The standard InChI is InChI=1S/C14H15NO3S/c1-2-19(16,17)15-9-10-18-14-8-7-12-5-3-4-6-13(12)11-14/h2-8,11,15H,1,9-10H2. The number of ether oxygens (including phenoxy) is 1. The topological polar surface area (TPSA) is 55.4 Å². The molecule has 0 saturated heterocycles. The molecule has 5 heteroatoms. The summed E-state index contributed by atoms with van der Waals surface area (Å²) in [5.74, 6) is 0.719. The van der Waals surface area contributed by atoms with Crippen molar-refractivity contribution in [1.82, 2.24) is 4.72 Å². The third kappa shape index (κ3) is 3.81. The number of fused-ring (bicyclic) bond motifs is 1. The third-order valence-electron chi connectivity index (χ3n) is 2.61. The Balaban J connectivity index is 1.93. The molecule has 0 amide bonds. The molecule has 0 spiro atoms. The van der Waals surface area contributed by atoms with E-state index in [0.29, 0.717) is 0 Å². The smallest absolute Gasteiger partial charge is 0.233 e. The van der Waals surface area contributed by atoms with E-state index in [-0.39, 0.29) is 13.2 Å². The molecule has 0 aromatic heterocycles. The Kier molecular flexibility index (Phi) is 4.19. The van der Waals surface area contributed by atoms with Crippen LogP contribution in [0.15, 0.2) is 54.5 Å². The minimum absolute atomic E-state index is 0.210. The van der Waals surface area contributed by atoms with Crippen LogP contribution in [0.25, 0.3) is 10.8 Å². The lowest BCUT2D eigenvalue weighted by atomic mass is 10.1. The molecular weight excluding hydrogens is 262 g/mol. The first kappa shape index (κ1) is 13.6. The van der Waals surface area contributed by atoms with Crippen LogP contribution in [0.3, 0.4) is 0 Å². The summed E-state index contributed by atoms with van der Waals surface area (Å²) in [6.07, 6.45) is 0. The molecule has 0 aliphatic rings. The maximum atomic E-state index is 11.1. The van der Waals surface area contributed by atoms with E-state index in [1.165, 1.54) is 0 Å². The summed E-state index contributed by atoms with van der Waals surface area (Å²) in [5.41, 5.74) is 0. The predicted molar refractivity (Wildman–Crippen MR) is 76.6 cm³/mol. The van der Waals surface area contributed by atoms with Gasteiger partial charge in [-0.25, -0.2) is 13.1 Å². The van der Waals surface area contributed by atoms with Gasteiger partial charge in [0.05, 0.1) is 0 Å². The summed E-state index contributed by atoms with van der Waals surface area (Å²) >= 11 is 0. The third-order valence-corrected chi connectivity index (χ3v) is 3.66. The number of rotatable bonds is 6. The number of sulfonamides is 1. The number of hydrogen-bond donors (Lipinski definition) is 1. The first-order valence-corrected chi connectivity index (χ1v) is 7.39. The van der Waals surface area contributed by atoms with Gasteiger partial charge in [0.15, 0.2) is 0 Å². The Labute approximate surface area is 112 Å². The lowest BCUT2D eigenvalue weighted by molar-refractivity contribution is 0.323. The summed E-state index contributed by atoms with van der Waals surface area (Å²) < 4.78 is 30.0. The molecular formula is C14H15NO3S. The van der Waals surface area contributed by atoms with Gasteiger partial charge in [-0.3, -0.25) is 0 Å². The van der Waals surface area contributed by atoms with E-state index in [0.717, 1.165) is 21.9 Å². The molecule has 0 bridgehead atoms. The van der Waals surface area contributed by atoms with Crippen LogP contribution >= 0.6 is 0 Å². The van der Waals surface area contributed by atoms with Crippen LogP contribution in [0.1, 0.15) is 0 Å². The van der Waals surface area contributed by atoms with Gasteiger partial charge in [-0.2, -0.15) is 0 Å². The number of hydrogen-bond acceptors (Lipinski definition) is 3. The summed E-state index contributed by atoms with van der Waals surface area (Å²) in [7, 11) is -3.37. The van der Waals surface area contributed by atoms with Crippen molar-refractivity contribution in [3.63, 3.8) is 0 Å². The molecule has 2 aromatic rings. The quantitative estimate of drug-likeness (QED) is 0.824. The highest BCUT2D eigenvalue weighted by Crippen LogP contribution is 2.20. The second kappa shape index (κ2) is 5.86. The number of nitrogens with one attached hydrogen (secondary N) is 1. The normalized spacial score (nSPS) is 11.4. The van der Waals surface area contributed by atoms with Crippen molar-refractivity contribution in [1.29, 1.82) is 0 Å². The molecule has 4 nitrogen and oxygen atoms in total. The van der Waals surface area contributed by atoms with E-state index in [1.54, 1.807) is 0 Å². The van der Waals surface area contributed by atoms with Crippen LogP contribution < -0.4 is 9.46 Å². The minimum atomic E-state index is -3.37. The molecule has 100 valence electrons. The molecule has 2 aromatic carbocycles. The fourth-order valence-electron chi connectivity index (χ4n) is 1.67. The first-order valence-electron chi connectivity index (χ1n) is 5.84. The van der Waals surface area contributed by atoms with Crippen LogP contribution in [-0.2, 0) is 10.0 Å². The molecule has 0 unspecified atom stereocenters. The van der Waals surface area contributed by atoms with Crippen molar-refractivity contribution < 1.29 is 13.2 Å². The zero-order valence-electron chi connectivity index (χ0n) is 10.4. The molecule has 0 fully saturated rings. The van der Waals surface area contributed by atoms with Gasteiger partial charge in [0, 0.05) is 12.0 Å². The summed E-state index contributed by atoms with van der Waals surface area (Å²) in [6.45, 7) is 3.69. The first-order chi connectivity index (χ1) is 9.11. The largest absolute Gasteiger partial charge is 0.492 e. The van der Waals surface area contributed by atoms with Gasteiger partial charge in [-0.15, -0.1) is 0 Å². The van der Waals surface area contributed by atoms with E-state index in [1.807, 2.05) is 42.5 Å². The van der Waals surface area contributed by atoms with Crippen LogP contribution in [0.5, 0.6) is 5.75 Å². The Morgan fingerprint density at radius 1 is 1.16 bits per heavy atom. The van der Waals surface area contributed by atoms with E-state index in [2.05, 4.69) is 11.3 Å². The van der Waals surface area contributed by atoms with Crippen molar-refractivity contribution in [2.75, 3.05) is 13.2 Å².